The second kappa shape index (κ2) is 7.62. The average Bonchev–Trinajstić information content (AvgIpc) is 3.26. The standard InChI is InChI=1S/C20H20ClN7O3/c1-11-9-15(23-18(30)20(2,3)31-13-7-5-12(21)6-8-13)28(26-11)19-24-16-14(17(29)25-19)10-22-27(16)4/h5-10,14H,1-4H3,(H,23,30). The first-order valence-electron chi connectivity index (χ1n) is 9.46. The number of amides is 2. The molecule has 0 aliphatic carbocycles. The van der Waals surface area contributed by atoms with E-state index in [1.165, 1.54) is 15.9 Å². The van der Waals surface area contributed by atoms with Gasteiger partial charge < -0.3 is 10.1 Å². The molecule has 3 heterocycles. The molecular formula is C20H20ClN7O3. The summed E-state index contributed by atoms with van der Waals surface area (Å²) in [6, 6.07) is 8.38. The molecule has 2 aliphatic rings. The van der Waals surface area contributed by atoms with Crippen molar-refractivity contribution in [3.63, 3.8) is 0 Å². The van der Waals surface area contributed by atoms with Gasteiger partial charge >= 0.3 is 0 Å². The fourth-order valence-corrected chi connectivity index (χ4v) is 3.18. The average molecular weight is 442 g/mol. The third-order valence-corrected chi connectivity index (χ3v) is 4.94. The van der Waals surface area contributed by atoms with Crippen LogP contribution in [0.1, 0.15) is 19.5 Å². The van der Waals surface area contributed by atoms with Gasteiger partial charge in [-0.2, -0.15) is 24.9 Å². The highest BCUT2D eigenvalue weighted by Gasteiger charge is 2.36. The van der Waals surface area contributed by atoms with E-state index in [2.05, 4.69) is 25.5 Å². The molecule has 160 valence electrons. The van der Waals surface area contributed by atoms with E-state index in [4.69, 9.17) is 16.3 Å². The van der Waals surface area contributed by atoms with E-state index >= 15 is 0 Å². The van der Waals surface area contributed by atoms with Gasteiger partial charge in [0.25, 0.3) is 17.8 Å². The van der Waals surface area contributed by atoms with Crippen LogP contribution >= 0.6 is 11.6 Å². The van der Waals surface area contributed by atoms with Crippen molar-refractivity contribution in [1.29, 1.82) is 0 Å². The zero-order chi connectivity index (χ0) is 22.3. The van der Waals surface area contributed by atoms with Crippen molar-refractivity contribution in [2.45, 2.75) is 26.4 Å². The van der Waals surface area contributed by atoms with Crippen molar-refractivity contribution in [2.24, 2.45) is 21.0 Å². The first kappa shape index (κ1) is 20.7. The Morgan fingerprint density at radius 2 is 1.94 bits per heavy atom. The van der Waals surface area contributed by atoms with Gasteiger partial charge in [0.15, 0.2) is 5.60 Å². The SMILES string of the molecule is Cc1cc(NC(=O)C(C)(C)Oc2ccc(Cl)cc2)n(C2=NC(=O)C3C=NN(C)C3=N2)n1. The summed E-state index contributed by atoms with van der Waals surface area (Å²) in [5.41, 5.74) is -0.599. The second-order valence-corrected chi connectivity index (χ2v) is 8.03. The number of fused-ring (bicyclic) bond motifs is 1. The number of benzene rings is 1. The lowest BCUT2D eigenvalue weighted by atomic mass is 10.1. The summed E-state index contributed by atoms with van der Waals surface area (Å²) in [4.78, 5) is 33.8. The number of aromatic nitrogens is 2. The van der Waals surface area contributed by atoms with Crippen molar-refractivity contribution in [1.82, 2.24) is 14.8 Å². The molecule has 0 spiro atoms. The van der Waals surface area contributed by atoms with Crippen LogP contribution in [-0.4, -0.2) is 57.3 Å². The van der Waals surface area contributed by atoms with Crippen LogP contribution in [0.15, 0.2) is 45.4 Å². The molecule has 2 aliphatic heterocycles. The number of hydrazone groups is 1. The Kier molecular flexibility index (Phi) is 5.10. The minimum Gasteiger partial charge on any atom is -0.478 e. The largest absolute Gasteiger partial charge is 0.478 e. The van der Waals surface area contributed by atoms with E-state index in [0.29, 0.717) is 28.1 Å². The third-order valence-electron chi connectivity index (χ3n) is 4.69. The van der Waals surface area contributed by atoms with Crippen molar-refractivity contribution < 1.29 is 14.3 Å². The van der Waals surface area contributed by atoms with Crippen LogP contribution < -0.4 is 10.1 Å². The lowest BCUT2D eigenvalue weighted by Gasteiger charge is -2.25. The van der Waals surface area contributed by atoms with Gasteiger partial charge in [-0.15, -0.1) is 0 Å². The molecule has 0 bridgehead atoms. The predicted molar refractivity (Wildman–Crippen MR) is 117 cm³/mol. The Morgan fingerprint density at radius 3 is 2.65 bits per heavy atom. The molecule has 11 heteroatoms. The van der Waals surface area contributed by atoms with E-state index in [1.807, 2.05) is 0 Å². The quantitative estimate of drug-likeness (QED) is 0.782. The maximum absolute atomic E-state index is 13.0. The topological polar surface area (TPSA) is 114 Å². The maximum Gasteiger partial charge on any atom is 0.269 e. The van der Waals surface area contributed by atoms with Crippen molar-refractivity contribution in [3.8, 4) is 5.75 Å². The van der Waals surface area contributed by atoms with Crippen molar-refractivity contribution >= 4 is 47.2 Å². The molecule has 1 N–H and O–H groups in total. The molecule has 1 atom stereocenters. The molecule has 0 fully saturated rings. The molecular weight excluding hydrogens is 422 g/mol. The Balaban J connectivity index is 1.58. The summed E-state index contributed by atoms with van der Waals surface area (Å²) in [7, 11) is 1.69. The van der Waals surface area contributed by atoms with Gasteiger partial charge in [-0.1, -0.05) is 11.6 Å². The minimum atomic E-state index is -1.21. The van der Waals surface area contributed by atoms with Crippen LogP contribution in [0.3, 0.4) is 0 Å². The first-order chi connectivity index (χ1) is 14.6. The fraction of sp³-hybridized carbons (Fsp3) is 0.300. The number of aliphatic imine (C=N–C) groups is 2. The van der Waals surface area contributed by atoms with Crippen LogP contribution in [0, 0.1) is 12.8 Å². The first-order valence-corrected chi connectivity index (χ1v) is 9.84. The van der Waals surface area contributed by atoms with Crippen LogP contribution in [-0.2, 0) is 9.59 Å². The molecule has 0 radical (unpaired) electrons. The van der Waals surface area contributed by atoms with Crippen molar-refractivity contribution in [3.05, 3.63) is 41.0 Å². The summed E-state index contributed by atoms with van der Waals surface area (Å²) in [5, 5.41) is 13.3. The van der Waals surface area contributed by atoms with Gasteiger partial charge in [0.05, 0.1) is 5.69 Å². The number of carbonyl (C=O) groups excluding carboxylic acids is 2. The minimum absolute atomic E-state index is 0.0495. The van der Waals surface area contributed by atoms with Gasteiger partial charge in [0.2, 0.25) is 0 Å². The summed E-state index contributed by atoms with van der Waals surface area (Å²) in [6.45, 7) is 5.04. The summed E-state index contributed by atoms with van der Waals surface area (Å²) < 4.78 is 7.15. The molecule has 1 aromatic carbocycles. The van der Waals surface area contributed by atoms with Gasteiger partial charge in [0.1, 0.15) is 23.3 Å². The lowest BCUT2D eigenvalue weighted by Crippen LogP contribution is -2.43. The van der Waals surface area contributed by atoms with Gasteiger partial charge in [-0.25, -0.2) is 0 Å². The van der Waals surface area contributed by atoms with E-state index in [0.717, 1.165) is 0 Å². The Labute approximate surface area is 183 Å². The monoisotopic (exact) mass is 441 g/mol. The highest BCUT2D eigenvalue weighted by Crippen LogP contribution is 2.23. The molecule has 10 nitrogen and oxygen atoms in total. The van der Waals surface area contributed by atoms with E-state index < -0.39 is 23.3 Å². The number of hydrogen-bond acceptors (Lipinski definition) is 7. The van der Waals surface area contributed by atoms with Gasteiger partial charge in [-0.3, -0.25) is 14.6 Å². The highest BCUT2D eigenvalue weighted by atomic mass is 35.5. The Morgan fingerprint density at radius 1 is 1.23 bits per heavy atom. The highest BCUT2D eigenvalue weighted by molar-refractivity contribution is 6.30. The number of nitrogens with one attached hydrogen (secondary N) is 1. The molecule has 0 saturated carbocycles. The molecule has 4 rings (SSSR count). The van der Waals surface area contributed by atoms with Gasteiger partial charge in [-0.05, 0) is 45.0 Å². The number of anilines is 1. The smallest absolute Gasteiger partial charge is 0.269 e. The van der Waals surface area contributed by atoms with Gasteiger partial charge in [0, 0.05) is 24.4 Å². The summed E-state index contributed by atoms with van der Waals surface area (Å²) in [5.74, 6) is -0.108. The van der Waals surface area contributed by atoms with Crippen LogP contribution in [0.25, 0.3) is 0 Å². The zero-order valence-corrected chi connectivity index (χ0v) is 18.1. The Hall–Kier alpha value is -3.53. The number of hydrogen-bond donors (Lipinski definition) is 1. The fourth-order valence-electron chi connectivity index (χ4n) is 3.05. The number of nitrogens with zero attached hydrogens (tertiary/aromatic N) is 6. The number of aryl methyl sites for hydroxylation is 1. The van der Waals surface area contributed by atoms with Crippen LogP contribution in [0.2, 0.25) is 5.02 Å². The number of rotatable bonds is 4. The predicted octanol–water partition coefficient (Wildman–Crippen LogP) is 2.33. The van der Waals surface area contributed by atoms with E-state index in [1.54, 1.807) is 58.2 Å². The van der Waals surface area contributed by atoms with Crippen LogP contribution in [0.5, 0.6) is 5.75 Å². The Bertz CT molecular complexity index is 1150. The second-order valence-electron chi connectivity index (χ2n) is 7.59. The molecule has 2 amide bonds. The molecule has 0 saturated heterocycles. The van der Waals surface area contributed by atoms with Crippen molar-refractivity contribution in [2.75, 3.05) is 12.4 Å². The normalized spacial score (nSPS) is 17.9. The molecule has 1 aromatic heterocycles. The summed E-state index contributed by atoms with van der Waals surface area (Å²) in [6.07, 6.45) is 1.50. The molecule has 31 heavy (non-hydrogen) atoms. The number of ether oxygens (including phenoxy) is 1. The van der Waals surface area contributed by atoms with E-state index in [9.17, 15) is 9.59 Å². The molecule has 1 unspecified atom stereocenters. The zero-order valence-electron chi connectivity index (χ0n) is 17.3. The number of amidine groups is 1. The third kappa shape index (κ3) is 4.06. The van der Waals surface area contributed by atoms with Crippen LogP contribution in [0.4, 0.5) is 5.82 Å². The maximum atomic E-state index is 13.0. The molecule has 2 aromatic rings. The van der Waals surface area contributed by atoms with E-state index in [-0.39, 0.29) is 5.96 Å². The summed E-state index contributed by atoms with van der Waals surface area (Å²) >= 11 is 5.90. The number of halogens is 1. The lowest BCUT2D eigenvalue weighted by molar-refractivity contribution is -0.128. The number of carbonyl (C=O) groups is 2.